The van der Waals surface area contributed by atoms with Gasteiger partial charge in [-0.1, -0.05) is 13.3 Å². The van der Waals surface area contributed by atoms with Gasteiger partial charge >= 0.3 is 7.60 Å². The van der Waals surface area contributed by atoms with Crippen LogP contribution in [0, 0.1) is 0 Å². The van der Waals surface area contributed by atoms with Crippen LogP contribution in [0.25, 0.3) is 22.4 Å². The molecule has 1 aromatic carbocycles. The van der Waals surface area contributed by atoms with E-state index in [0.717, 1.165) is 6.42 Å². The summed E-state index contributed by atoms with van der Waals surface area (Å²) in [6.45, 7) is 5.00. The van der Waals surface area contributed by atoms with Crippen LogP contribution in [0.2, 0.25) is 0 Å². The van der Waals surface area contributed by atoms with Gasteiger partial charge in [0.05, 0.1) is 22.8 Å². The smallest absolute Gasteiger partial charge is 0.341 e. The highest BCUT2D eigenvalue weighted by atomic mass is 32.2. The molecule has 0 amide bonds. The molecule has 1 atom stereocenters. The van der Waals surface area contributed by atoms with Crippen molar-refractivity contribution in [3.63, 3.8) is 0 Å². The number of nitrogens with one attached hydrogen (secondary N) is 1. The Morgan fingerprint density at radius 2 is 1.89 bits per heavy atom. The fraction of sp³-hybridized carbons (Fsp3) is 0.522. The van der Waals surface area contributed by atoms with E-state index in [0.29, 0.717) is 41.1 Å². The standard InChI is InChI=1S/C23H33N6O7PS/c1-5-7-18-20-21(27(3)26-18)23(30)25-22(24-20)17-14-16(8-9-19(17)36-6-2)38(33,34)29-12-10-28(11-13-29)15-37(31,32)35-4/h8-9,14H,5-7,10-13,15H2,1-4H3,(H,31,32)(H,24,25,30). The van der Waals surface area contributed by atoms with Crippen LogP contribution in [-0.2, 0) is 32.6 Å². The summed E-state index contributed by atoms with van der Waals surface area (Å²) in [6.07, 6.45) is 1.30. The number of hydrogen-bond acceptors (Lipinski definition) is 9. The molecule has 38 heavy (non-hydrogen) atoms. The molecule has 208 valence electrons. The van der Waals surface area contributed by atoms with E-state index in [2.05, 4.69) is 19.6 Å². The second kappa shape index (κ2) is 11.2. The van der Waals surface area contributed by atoms with E-state index >= 15 is 0 Å². The van der Waals surface area contributed by atoms with E-state index in [9.17, 15) is 22.7 Å². The predicted octanol–water partition coefficient (Wildman–Crippen LogP) is 1.77. The average molecular weight is 569 g/mol. The molecule has 1 saturated heterocycles. The third-order valence-electron chi connectivity index (χ3n) is 6.39. The second-order valence-corrected chi connectivity index (χ2v) is 12.9. The number of hydrogen-bond donors (Lipinski definition) is 2. The Bertz CT molecular complexity index is 1530. The van der Waals surface area contributed by atoms with E-state index in [4.69, 9.17) is 4.74 Å². The predicted molar refractivity (Wildman–Crippen MR) is 142 cm³/mol. The lowest BCUT2D eigenvalue weighted by Crippen LogP contribution is -2.48. The molecule has 0 aliphatic carbocycles. The van der Waals surface area contributed by atoms with Crippen molar-refractivity contribution in [2.24, 2.45) is 7.05 Å². The number of aryl methyl sites for hydroxylation is 2. The zero-order chi connectivity index (χ0) is 27.7. The van der Waals surface area contributed by atoms with Crippen LogP contribution in [0.15, 0.2) is 27.9 Å². The maximum absolute atomic E-state index is 13.5. The van der Waals surface area contributed by atoms with Gasteiger partial charge in [0.1, 0.15) is 23.4 Å². The summed E-state index contributed by atoms with van der Waals surface area (Å²) in [7, 11) is -4.79. The topological polar surface area (TPSA) is 160 Å². The van der Waals surface area contributed by atoms with Gasteiger partial charge in [-0.25, -0.2) is 13.4 Å². The van der Waals surface area contributed by atoms with Crippen molar-refractivity contribution in [1.82, 2.24) is 29.0 Å². The number of aromatic nitrogens is 4. The van der Waals surface area contributed by atoms with E-state index in [1.54, 1.807) is 18.0 Å². The highest BCUT2D eigenvalue weighted by Crippen LogP contribution is 2.41. The lowest BCUT2D eigenvalue weighted by molar-refractivity contribution is 0.194. The van der Waals surface area contributed by atoms with Gasteiger partial charge in [0.25, 0.3) is 5.56 Å². The first-order chi connectivity index (χ1) is 18.0. The van der Waals surface area contributed by atoms with Gasteiger partial charge in [0.2, 0.25) is 10.0 Å². The summed E-state index contributed by atoms with van der Waals surface area (Å²) in [6, 6.07) is 4.48. The molecule has 15 heteroatoms. The minimum Gasteiger partial charge on any atom is -0.493 e. The normalized spacial score (nSPS) is 17.1. The second-order valence-electron chi connectivity index (χ2n) is 9.01. The van der Waals surface area contributed by atoms with Crippen LogP contribution in [0.4, 0.5) is 0 Å². The molecule has 1 aliphatic heterocycles. The maximum atomic E-state index is 13.5. The fourth-order valence-electron chi connectivity index (χ4n) is 4.49. The number of rotatable bonds is 10. The number of nitrogens with zero attached hydrogens (tertiary/aromatic N) is 5. The summed E-state index contributed by atoms with van der Waals surface area (Å²) in [5.74, 6) is 0.578. The van der Waals surface area contributed by atoms with Gasteiger partial charge in [-0.2, -0.15) is 9.40 Å². The first-order valence-corrected chi connectivity index (χ1v) is 15.5. The molecular formula is C23H33N6O7PS. The van der Waals surface area contributed by atoms with Crippen molar-refractivity contribution < 1.29 is 27.1 Å². The Balaban J connectivity index is 1.70. The minimum atomic E-state index is -3.91. The van der Waals surface area contributed by atoms with Crippen molar-refractivity contribution in [3.05, 3.63) is 34.2 Å². The number of aromatic amines is 1. The Morgan fingerprint density at radius 3 is 2.53 bits per heavy atom. The number of benzene rings is 1. The lowest BCUT2D eigenvalue weighted by atomic mass is 10.1. The first kappa shape index (κ1) is 28.4. The van der Waals surface area contributed by atoms with Gasteiger partial charge < -0.3 is 19.1 Å². The van der Waals surface area contributed by atoms with Crippen LogP contribution in [0.3, 0.4) is 0 Å². The average Bonchev–Trinajstić information content (AvgIpc) is 3.20. The highest BCUT2D eigenvalue weighted by molar-refractivity contribution is 7.89. The molecule has 0 bridgehead atoms. The highest BCUT2D eigenvalue weighted by Gasteiger charge is 2.32. The third-order valence-corrected chi connectivity index (χ3v) is 9.61. The molecule has 1 unspecified atom stereocenters. The lowest BCUT2D eigenvalue weighted by Gasteiger charge is -2.34. The minimum absolute atomic E-state index is 0.0249. The molecule has 2 N–H and O–H groups in total. The van der Waals surface area contributed by atoms with Gasteiger partial charge in [0, 0.05) is 40.3 Å². The Hall–Kier alpha value is -2.61. The largest absolute Gasteiger partial charge is 0.493 e. The molecule has 0 spiro atoms. The van der Waals surface area contributed by atoms with Crippen molar-refractivity contribution >= 4 is 28.7 Å². The van der Waals surface area contributed by atoms with E-state index < -0.39 is 17.6 Å². The van der Waals surface area contributed by atoms with Crippen molar-refractivity contribution in [2.75, 3.05) is 46.2 Å². The van der Waals surface area contributed by atoms with Crippen molar-refractivity contribution in [1.29, 1.82) is 0 Å². The number of H-pyrrole nitrogens is 1. The van der Waals surface area contributed by atoms with Crippen LogP contribution >= 0.6 is 7.60 Å². The van der Waals surface area contributed by atoms with Gasteiger partial charge in [-0.15, -0.1) is 0 Å². The molecule has 1 aliphatic rings. The van der Waals surface area contributed by atoms with Gasteiger partial charge in [-0.3, -0.25) is 18.9 Å². The molecule has 2 aromatic heterocycles. The van der Waals surface area contributed by atoms with Crippen LogP contribution < -0.4 is 10.3 Å². The third kappa shape index (κ3) is 5.70. The summed E-state index contributed by atoms with van der Waals surface area (Å²) in [5.41, 5.74) is 1.47. The fourth-order valence-corrected chi connectivity index (χ4v) is 6.84. The summed E-state index contributed by atoms with van der Waals surface area (Å²) in [5, 5.41) is 4.44. The van der Waals surface area contributed by atoms with Crippen LogP contribution in [0.1, 0.15) is 26.0 Å². The SMILES string of the molecule is CCCc1nn(C)c2c(=O)[nH]c(-c3cc(S(=O)(=O)N4CCN(CP(=O)(O)OC)CC4)ccc3OCC)nc12. The molecule has 3 aromatic rings. The number of ether oxygens (including phenoxy) is 1. The molecule has 0 saturated carbocycles. The quantitative estimate of drug-likeness (QED) is 0.345. The summed E-state index contributed by atoms with van der Waals surface area (Å²) >= 11 is 0. The van der Waals surface area contributed by atoms with Gasteiger partial charge in [0.15, 0.2) is 5.52 Å². The Kier molecular flexibility index (Phi) is 8.40. The van der Waals surface area contributed by atoms with Crippen LogP contribution in [0.5, 0.6) is 5.75 Å². The van der Waals surface area contributed by atoms with E-state index in [1.807, 2.05) is 13.8 Å². The number of piperazine rings is 1. The zero-order valence-corrected chi connectivity index (χ0v) is 23.6. The molecular weight excluding hydrogens is 535 g/mol. The summed E-state index contributed by atoms with van der Waals surface area (Å²) < 4.78 is 52.2. The van der Waals surface area contributed by atoms with E-state index in [-0.39, 0.29) is 48.7 Å². The van der Waals surface area contributed by atoms with E-state index in [1.165, 1.54) is 28.2 Å². The van der Waals surface area contributed by atoms with Crippen molar-refractivity contribution in [2.45, 2.75) is 31.6 Å². The molecule has 0 radical (unpaired) electrons. The Labute approximate surface area is 221 Å². The van der Waals surface area contributed by atoms with Crippen molar-refractivity contribution in [3.8, 4) is 17.1 Å². The molecule has 1 fully saturated rings. The van der Waals surface area contributed by atoms with Crippen LogP contribution in [-0.4, -0.2) is 88.4 Å². The number of sulfonamides is 1. The molecule has 3 heterocycles. The Morgan fingerprint density at radius 1 is 1.18 bits per heavy atom. The molecule has 4 rings (SSSR count). The van der Waals surface area contributed by atoms with Gasteiger partial charge in [-0.05, 0) is 31.5 Å². The first-order valence-electron chi connectivity index (χ1n) is 12.3. The summed E-state index contributed by atoms with van der Waals surface area (Å²) in [4.78, 5) is 31.9. The monoisotopic (exact) mass is 568 g/mol. The number of fused-ring (bicyclic) bond motifs is 1. The maximum Gasteiger partial charge on any atom is 0.341 e. The molecule has 13 nitrogen and oxygen atoms in total. The zero-order valence-electron chi connectivity index (χ0n) is 21.9.